The summed E-state index contributed by atoms with van der Waals surface area (Å²) in [7, 11) is 0. The van der Waals surface area contributed by atoms with Crippen LogP contribution in [0.4, 0.5) is 0 Å². The fourth-order valence-corrected chi connectivity index (χ4v) is 2.34. The Bertz CT molecular complexity index is 330. The molecule has 1 nitrogen and oxygen atoms in total. The van der Waals surface area contributed by atoms with Crippen molar-refractivity contribution in [2.45, 2.75) is 31.8 Å². The summed E-state index contributed by atoms with van der Waals surface area (Å²) in [6.45, 7) is 8.49. The summed E-state index contributed by atoms with van der Waals surface area (Å²) < 4.78 is 0. The molecule has 0 bridgehead atoms. The van der Waals surface area contributed by atoms with Crippen molar-refractivity contribution in [2.24, 2.45) is 0 Å². The van der Waals surface area contributed by atoms with Crippen LogP contribution in [-0.4, -0.2) is 17.0 Å². The number of benzene rings is 1. The summed E-state index contributed by atoms with van der Waals surface area (Å²) in [6.07, 6.45) is 4.63. The first-order chi connectivity index (χ1) is 7.24. The van der Waals surface area contributed by atoms with E-state index in [4.69, 9.17) is 0 Å². The van der Waals surface area contributed by atoms with E-state index in [0.29, 0.717) is 0 Å². The Morgan fingerprint density at radius 3 is 2.80 bits per heavy atom. The zero-order valence-electron chi connectivity index (χ0n) is 9.45. The summed E-state index contributed by atoms with van der Waals surface area (Å²) in [6, 6.07) is 10.7. The van der Waals surface area contributed by atoms with Crippen LogP contribution in [0.5, 0.6) is 0 Å². The molecule has 0 aliphatic carbocycles. The van der Waals surface area contributed by atoms with Gasteiger partial charge in [0.1, 0.15) is 0 Å². The van der Waals surface area contributed by atoms with Crippen LogP contribution in [0.3, 0.4) is 0 Å². The highest BCUT2D eigenvalue weighted by molar-refractivity contribution is 5.16. The topological polar surface area (TPSA) is 3.24 Å². The van der Waals surface area contributed by atoms with Gasteiger partial charge in [-0.3, -0.25) is 4.90 Å². The first-order valence-electron chi connectivity index (χ1n) is 5.67. The summed E-state index contributed by atoms with van der Waals surface area (Å²) in [5.74, 6) is 0. The van der Waals surface area contributed by atoms with E-state index in [1.165, 1.54) is 24.9 Å². The standard InChI is InChI=1S/C14H19N/c1-3-14(2)10-7-11-15(14)12-13-8-5-4-6-9-13/h3-6,8-9H,1,7,10-12H2,2H3. The lowest BCUT2D eigenvalue weighted by Gasteiger charge is -2.32. The number of hydrogen-bond acceptors (Lipinski definition) is 1. The van der Waals surface area contributed by atoms with E-state index in [9.17, 15) is 0 Å². The SMILES string of the molecule is C=CC1(C)CCCN1Cc1ccccc1. The highest BCUT2D eigenvalue weighted by Crippen LogP contribution is 2.31. The Morgan fingerprint density at radius 1 is 1.40 bits per heavy atom. The van der Waals surface area contributed by atoms with Crippen molar-refractivity contribution >= 4 is 0 Å². The molecule has 0 aromatic heterocycles. The van der Waals surface area contributed by atoms with E-state index in [-0.39, 0.29) is 5.54 Å². The molecule has 1 aliphatic heterocycles. The summed E-state index contributed by atoms with van der Waals surface area (Å²) in [4.78, 5) is 2.52. The normalized spacial score (nSPS) is 26.7. The highest BCUT2D eigenvalue weighted by atomic mass is 15.2. The van der Waals surface area contributed by atoms with Crippen LogP contribution in [0.15, 0.2) is 43.0 Å². The van der Waals surface area contributed by atoms with Crippen LogP contribution in [0.1, 0.15) is 25.3 Å². The van der Waals surface area contributed by atoms with E-state index in [0.717, 1.165) is 6.54 Å². The molecule has 2 rings (SSSR count). The molecule has 1 heteroatoms. The molecular formula is C14H19N. The van der Waals surface area contributed by atoms with E-state index in [1.54, 1.807) is 0 Å². The summed E-state index contributed by atoms with van der Waals surface area (Å²) in [5, 5.41) is 0. The molecule has 1 saturated heterocycles. The lowest BCUT2D eigenvalue weighted by atomic mass is 9.99. The maximum Gasteiger partial charge on any atom is 0.0364 e. The maximum absolute atomic E-state index is 3.96. The quantitative estimate of drug-likeness (QED) is 0.679. The van der Waals surface area contributed by atoms with Gasteiger partial charge < -0.3 is 0 Å². The molecule has 1 fully saturated rings. The molecule has 1 aliphatic rings. The van der Waals surface area contributed by atoms with Crippen LogP contribution in [-0.2, 0) is 6.54 Å². The summed E-state index contributed by atoms with van der Waals surface area (Å²) in [5.41, 5.74) is 1.60. The van der Waals surface area contributed by atoms with Crippen molar-refractivity contribution in [2.75, 3.05) is 6.54 Å². The van der Waals surface area contributed by atoms with E-state index < -0.39 is 0 Å². The van der Waals surface area contributed by atoms with Gasteiger partial charge in [-0.05, 0) is 31.9 Å². The van der Waals surface area contributed by atoms with Crippen LogP contribution in [0.25, 0.3) is 0 Å². The molecule has 1 unspecified atom stereocenters. The average molecular weight is 201 g/mol. The number of rotatable bonds is 3. The molecule has 0 amide bonds. The lowest BCUT2D eigenvalue weighted by Crippen LogP contribution is -2.38. The Balaban J connectivity index is 2.09. The van der Waals surface area contributed by atoms with Gasteiger partial charge in [-0.25, -0.2) is 0 Å². The van der Waals surface area contributed by atoms with Gasteiger partial charge in [0.2, 0.25) is 0 Å². The third kappa shape index (κ3) is 2.13. The third-order valence-electron chi connectivity index (χ3n) is 3.49. The van der Waals surface area contributed by atoms with Gasteiger partial charge >= 0.3 is 0 Å². The van der Waals surface area contributed by atoms with Crippen molar-refractivity contribution in [1.82, 2.24) is 4.90 Å². The molecule has 80 valence electrons. The molecule has 1 aromatic carbocycles. The average Bonchev–Trinajstić information content (AvgIpc) is 2.63. The largest absolute Gasteiger partial charge is 0.290 e. The van der Waals surface area contributed by atoms with E-state index in [1.807, 2.05) is 0 Å². The number of likely N-dealkylation sites (tertiary alicyclic amines) is 1. The van der Waals surface area contributed by atoms with Gasteiger partial charge in [-0.15, -0.1) is 6.58 Å². The van der Waals surface area contributed by atoms with Crippen LogP contribution >= 0.6 is 0 Å². The van der Waals surface area contributed by atoms with Gasteiger partial charge in [0, 0.05) is 12.1 Å². The Morgan fingerprint density at radius 2 is 2.13 bits per heavy atom. The second kappa shape index (κ2) is 4.19. The van der Waals surface area contributed by atoms with E-state index in [2.05, 4.69) is 54.8 Å². The fraction of sp³-hybridized carbons (Fsp3) is 0.429. The zero-order valence-corrected chi connectivity index (χ0v) is 9.45. The van der Waals surface area contributed by atoms with Crippen molar-refractivity contribution in [3.63, 3.8) is 0 Å². The Labute approximate surface area is 92.4 Å². The monoisotopic (exact) mass is 201 g/mol. The zero-order chi connectivity index (χ0) is 10.7. The van der Waals surface area contributed by atoms with Crippen molar-refractivity contribution in [3.05, 3.63) is 48.6 Å². The summed E-state index contributed by atoms with van der Waals surface area (Å²) >= 11 is 0. The molecule has 0 spiro atoms. The van der Waals surface area contributed by atoms with Crippen molar-refractivity contribution < 1.29 is 0 Å². The first kappa shape index (κ1) is 10.4. The highest BCUT2D eigenvalue weighted by Gasteiger charge is 2.33. The third-order valence-corrected chi connectivity index (χ3v) is 3.49. The lowest BCUT2D eigenvalue weighted by molar-refractivity contribution is 0.194. The van der Waals surface area contributed by atoms with Crippen LogP contribution in [0.2, 0.25) is 0 Å². The van der Waals surface area contributed by atoms with Crippen molar-refractivity contribution in [3.8, 4) is 0 Å². The molecule has 1 heterocycles. The molecule has 1 aromatic rings. The molecule has 0 radical (unpaired) electrons. The van der Waals surface area contributed by atoms with Crippen LogP contribution in [0, 0.1) is 0 Å². The minimum Gasteiger partial charge on any atom is -0.290 e. The fourth-order valence-electron chi connectivity index (χ4n) is 2.34. The molecular weight excluding hydrogens is 182 g/mol. The first-order valence-corrected chi connectivity index (χ1v) is 5.67. The van der Waals surface area contributed by atoms with E-state index >= 15 is 0 Å². The Kier molecular flexibility index (Phi) is 2.92. The van der Waals surface area contributed by atoms with Crippen molar-refractivity contribution in [1.29, 1.82) is 0 Å². The smallest absolute Gasteiger partial charge is 0.0364 e. The van der Waals surface area contributed by atoms with Gasteiger partial charge in [0.15, 0.2) is 0 Å². The predicted molar refractivity (Wildman–Crippen MR) is 64.7 cm³/mol. The number of nitrogens with zero attached hydrogens (tertiary/aromatic N) is 1. The van der Waals surface area contributed by atoms with Gasteiger partial charge in [-0.2, -0.15) is 0 Å². The second-order valence-corrected chi connectivity index (χ2v) is 4.57. The molecule has 1 atom stereocenters. The van der Waals surface area contributed by atoms with Crippen LogP contribution < -0.4 is 0 Å². The minimum absolute atomic E-state index is 0.204. The van der Waals surface area contributed by atoms with Gasteiger partial charge in [-0.1, -0.05) is 36.4 Å². The minimum atomic E-state index is 0.204. The molecule has 0 saturated carbocycles. The Hall–Kier alpha value is -1.08. The van der Waals surface area contributed by atoms with Gasteiger partial charge in [0.05, 0.1) is 0 Å². The predicted octanol–water partition coefficient (Wildman–Crippen LogP) is 3.23. The molecule has 0 N–H and O–H groups in total. The molecule has 15 heavy (non-hydrogen) atoms. The van der Waals surface area contributed by atoms with Gasteiger partial charge in [0.25, 0.3) is 0 Å². The second-order valence-electron chi connectivity index (χ2n) is 4.57. The maximum atomic E-state index is 3.96. The number of hydrogen-bond donors (Lipinski definition) is 0.